The Labute approximate surface area is 159 Å². The van der Waals surface area contributed by atoms with Gasteiger partial charge < -0.3 is 20.9 Å². The molecule has 1 aliphatic rings. The quantitative estimate of drug-likeness (QED) is 0.464. The van der Waals surface area contributed by atoms with E-state index in [9.17, 15) is 4.39 Å². The molecule has 0 bridgehead atoms. The number of halogens is 1. The molecule has 3 N–H and O–H groups in total. The van der Waals surface area contributed by atoms with E-state index in [1.165, 1.54) is 12.1 Å². The Morgan fingerprint density at radius 1 is 1.19 bits per heavy atom. The van der Waals surface area contributed by atoms with Crippen LogP contribution in [0.2, 0.25) is 0 Å². The molecule has 0 atom stereocenters. The topological polar surface area (TPSA) is 69.8 Å². The van der Waals surface area contributed by atoms with Crippen LogP contribution in [0.4, 0.5) is 15.9 Å². The van der Waals surface area contributed by atoms with Gasteiger partial charge in [0.2, 0.25) is 0 Å². The van der Waals surface area contributed by atoms with Crippen molar-refractivity contribution < 1.29 is 4.39 Å². The highest BCUT2D eigenvalue weighted by molar-refractivity contribution is 5.77. The molecule has 27 heavy (non-hydrogen) atoms. The van der Waals surface area contributed by atoms with Crippen LogP contribution < -0.4 is 20.9 Å². The largest absolute Gasteiger partial charge is 0.370 e. The number of aromatic nitrogens is 1. The molecule has 1 saturated heterocycles. The van der Waals surface area contributed by atoms with Gasteiger partial charge >= 0.3 is 0 Å². The van der Waals surface area contributed by atoms with Crippen molar-refractivity contribution in [3.63, 3.8) is 0 Å². The number of guanidine groups is 1. The second-order valence-corrected chi connectivity index (χ2v) is 6.34. The van der Waals surface area contributed by atoms with Gasteiger partial charge in [0.05, 0.1) is 6.54 Å². The molecule has 3 rings (SSSR count). The summed E-state index contributed by atoms with van der Waals surface area (Å²) in [6, 6.07) is 10.7. The number of piperazine rings is 1. The Hall–Kier alpha value is -3.09. The second-order valence-electron chi connectivity index (χ2n) is 6.34. The van der Waals surface area contributed by atoms with E-state index in [1.54, 1.807) is 12.3 Å². The number of nitrogens with zero attached hydrogens (tertiary/aromatic N) is 4. The first kappa shape index (κ1) is 18.7. The summed E-state index contributed by atoms with van der Waals surface area (Å²) >= 11 is 0. The van der Waals surface area contributed by atoms with Crippen LogP contribution in [0.25, 0.3) is 0 Å². The number of anilines is 2. The van der Waals surface area contributed by atoms with E-state index in [-0.39, 0.29) is 5.82 Å². The number of aliphatic imine (C=N–C) groups is 1. The maximum atomic E-state index is 13.1. The fourth-order valence-electron chi connectivity index (χ4n) is 2.99. The zero-order valence-electron chi connectivity index (χ0n) is 15.3. The van der Waals surface area contributed by atoms with Gasteiger partial charge in [-0.1, -0.05) is 6.08 Å². The highest BCUT2D eigenvalue weighted by Crippen LogP contribution is 2.20. The number of hydrogen-bond acceptors (Lipinski definition) is 4. The lowest BCUT2D eigenvalue weighted by Crippen LogP contribution is -2.46. The molecule has 142 valence electrons. The maximum Gasteiger partial charge on any atom is 0.189 e. The van der Waals surface area contributed by atoms with Crippen molar-refractivity contribution in [2.24, 2.45) is 10.7 Å². The summed E-state index contributed by atoms with van der Waals surface area (Å²) in [6.45, 7) is 8.19. The molecule has 0 saturated carbocycles. The second kappa shape index (κ2) is 9.02. The zero-order valence-corrected chi connectivity index (χ0v) is 15.3. The fourth-order valence-corrected chi connectivity index (χ4v) is 2.99. The number of pyridine rings is 1. The molecule has 0 amide bonds. The normalized spacial score (nSPS) is 14.9. The summed E-state index contributed by atoms with van der Waals surface area (Å²) in [6.07, 6.45) is 3.54. The molecule has 7 heteroatoms. The van der Waals surface area contributed by atoms with Crippen LogP contribution in [0, 0.1) is 5.82 Å². The highest BCUT2D eigenvalue weighted by atomic mass is 19.1. The highest BCUT2D eigenvalue weighted by Gasteiger charge is 2.18. The van der Waals surface area contributed by atoms with Crippen LogP contribution in [-0.2, 0) is 6.54 Å². The Bertz CT molecular complexity index is 781. The van der Waals surface area contributed by atoms with Crippen molar-refractivity contribution in [1.82, 2.24) is 10.3 Å². The zero-order chi connectivity index (χ0) is 19.1. The molecule has 0 spiro atoms. The van der Waals surface area contributed by atoms with Gasteiger partial charge in [-0.15, -0.1) is 6.58 Å². The number of benzene rings is 1. The predicted molar refractivity (Wildman–Crippen MR) is 109 cm³/mol. The standard InChI is InChI=1S/C20H25FN6/c1-2-8-24-20(22)25-15-16-7-9-23-19(14-16)27-12-10-26(11-13-27)18-5-3-17(21)4-6-18/h2-7,9,14H,1,8,10-13,15H2,(H3,22,24,25). The van der Waals surface area contributed by atoms with Crippen molar-refractivity contribution in [3.05, 3.63) is 66.6 Å². The van der Waals surface area contributed by atoms with Crippen molar-refractivity contribution in [3.8, 4) is 0 Å². The van der Waals surface area contributed by atoms with Gasteiger partial charge in [0.15, 0.2) is 5.96 Å². The number of hydrogen-bond donors (Lipinski definition) is 2. The van der Waals surface area contributed by atoms with Gasteiger partial charge in [-0.3, -0.25) is 0 Å². The Kier molecular flexibility index (Phi) is 6.25. The fraction of sp³-hybridized carbons (Fsp3) is 0.300. The van der Waals surface area contributed by atoms with Crippen LogP contribution in [0.15, 0.2) is 60.2 Å². The van der Waals surface area contributed by atoms with E-state index in [1.807, 2.05) is 18.2 Å². The van der Waals surface area contributed by atoms with Crippen molar-refractivity contribution in [2.45, 2.75) is 6.54 Å². The van der Waals surface area contributed by atoms with Crippen LogP contribution >= 0.6 is 0 Å². The van der Waals surface area contributed by atoms with Gasteiger partial charge in [0.25, 0.3) is 0 Å². The monoisotopic (exact) mass is 368 g/mol. The molecule has 1 aliphatic heterocycles. The van der Waals surface area contributed by atoms with Crippen molar-refractivity contribution in [1.29, 1.82) is 0 Å². The molecule has 1 aromatic carbocycles. The van der Waals surface area contributed by atoms with E-state index in [4.69, 9.17) is 5.73 Å². The van der Waals surface area contributed by atoms with Crippen LogP contribution in [0.5, 0.6) is 0 Å². The minimum Gasteiger partial charge on any atom is -0.370 e. The lowest BCUT2D eigenvalue weighted by atomic mass is 10.2. The summed E-state index contributed by atoms with van der Waals surface area (Å²) in [5.41, 5.74) is 7.91. The van der Waals surface area contributed by atoms with Crippen LogP contribution in [-0.4, -0.2) is 43.7 Å². The molecule has 2 heterocycles. The van der Waals surface area contributed by atoms with E-state index >= 15 is 0 Å². The van der Waals surface area contributed by atoms with Gasteiger partial charge in [-0.05, 0) is 42.0 Å². The average Bonchev–Trinajstić information content (AvgIpc) is 2.71. The third-order valence-corrected chi connectivity index (χ3v) is 4.46. The summed E-state index contributed by atoms with van der Waals surface area (Å²) in [4.78, 5) is 13.3. The third-order valence-electron chi connectivity index (χ3n) is 4.46. The molecule has 1 aromatic heterocycles. The first-order chi connectivity index (χ1) is 13.2. The molecule has 6 nitrogen and oxygen atoms in total. The minimum absolute atomic E-state index is 0.207. The van der Waals surface area contributed by atoms with Crippen molar-refractivity contribution in [2.75, 3.05) is 42.5 Å². The Morgan fingerprint density at radius 3 is 2.59 bits per heavy atom. The number of rotatable bonds is 6. The lowest BCUT2D eigenvalue weighted by Gasteiger charge is -2.36. The summed E-state index contributed by atoms with van der Waals surface area (Å²) in [7, 11) is 0. The summed E-state index contributed by atoms with van der Waals surface area (Å²) < 4.78 is 13.1. The van der Waals surface area contributed by atoms with E-state index in [0.29, 0.717) is 19.0 Å². The molecule has 2 aromatic rings. The van der Waals surface area contributed by atoms with E-state index in [2.05, 4.69) is 37.7 Å². The maximum absolute atomic E-state index is 13.1. The molecule has 1 fully saturated rings. The Morgan fingerprint density at radius 2 is 1.89 bits per heavy atom. The summed E-state index contributed by atoms with van der Waals surface area (Å²) in [5.74, 6) is 1.14. The number of nitrogens with one attached hydrogen (secondary N) is 1. The average molecular weight is 368 g/mol. The van der Waals surface area contributed by atoms with Gasteiger partial charge in [-0.2, -0.15) is 0 Å². The van der Waals surface area contributed by atoms with Crippen LogP contribution in [0.3, 0.4) is 0 Å². The van der Waals surface area contributed by atoms with Crippen LogP contribution in [0.1, 0.15) is 5.56 Å². The molecular weight excluding hydrogens is 343 g/mol. The predicted octanol–water partition coefficient (Wildman–Crippen LogP) is 2.14. The number of nitrogens with two attached hydrogens (primary N) is 1. The minimum atomic E-state index is -0.207. The Balaban J connectivity index is 1.58. The van der Waals surface area contributed by atoms with Gasteiger partial charge in [0, 0.05) is 44.6 Å². The van der Waals surface area contributed by atoms with Gasteiger partial charge in [-0.25, -0.2) is 14.4 Å². The SMILES string of the molecule is C=CCNC(N)=NCc1ccnc(N2CCN(c3ccc(F)cc3)CC2)c1. The lowest BCUT2D eigenvalue weighted by molar-refractivity contribution is 0.624. The molecule has 0 unspecified atom stereocenters. The first-order valence-corrected chi connectivity index (χ1v) is 9.01. The van der Waals surface area contributed by atoms with Crippen molar-refractivity contribution >= 4 is 17.5 Å². The van der Waals surface area contributed by atoms with E-state index in [0.717, 1.165) is 43.2 Å². The molecule has 0 radical (unpaired) electrons. The van der Waals surface area contributed by atoms with Gasteiger partial charge in [0.1, 0.15) is 11.6 Å². The first-order valence-electron chi connectivity index (χ1n) is 9.01. The molecular formula is C20H25FN6. The van der Waals surface area contributed by atoms with E-state index < -0.39 is 0 Å². The third kappa shape index (κ3) is 5.20. The summed E-state index contributed by atoms with van der Waals surface area (Å²) in [5, 5.41) is 2.96. The smallest absolute Gasteiger partial charge is 0.189 e. The molecule has 0 aliphatic carbocycles.